The largest absolute Gasteiger partial charge is 0.481 e. The fourth-order valence-electron chi connectivity index (χ4n) is 8.25. The number of β-amino-alcohol motifs (C(OH)–C–C–N with tert-alkyl or cyclic N) is 1. The van der Waals surface area contributed by atoms with Crippen molar-refractivity contribution in [1.29, 1.82) is 0 Å². The lowest BCUT2D eigenvalue weighted by atomic mass is 9.81. The SMILES string of the molecule is Cn1c(C(=O)Cc2cccc(-c3cccc(NC(=O)c4nc5c(n4C)CCN(CC4CCC(C(=O)O)CC4)C5)c3Cl)c2Cl)nc2c1CCN(CCO)C2. The number of Topliss-reactive ketones (excluding diaryl/α,β-unsaturated/α-hetero) is 1. The van der Waals surface area contributed by atoms with Crippen LogP contribution in [0.25, 0.3) is 11.1 Å². The summed E-state index contributed by atoms with van der Waals surface area (Å²) in [6.07, 6.45) is 4.88. The summed E-state index contributed by atoms with van der Waals surface area (Å²) in [5.74, 6) is -0.276. The molecule has 0 bridgehead atoms. The van der Waals surface area contributed by atoms with Gasteiger partial charge in [0.2, 0.25) is 5.78 Å². The van der Waals surface area contributed by atoms with Gasteiger partial charge in [-0.3, -0.25) is 24.2 Å². The summed E-state index contributed by atoms with van der Waals surface area (Å²) in [7, 11) is 3.73. The number of ketones is 1. The van der Waals surface area contributed by atoms with Crippen molar-refractivity contribution in [3.63, 3.8) is 0 Å². The van der Waals surface area contributed by atoms with Gasteiger partial charge in [-0.1, -0.05) is 53.5 Å². The number of aliphatic hydroxyl groups is 1. The molecule has 0 saturated heterocycles. The molecule has 4 heterocycles. The maximum absolute atomic E-state index is 13.7. The molecule has 1 saturated carbocycles. The number of amides is 1. The smallest absolute Gasteiger partial charge is 0.306 e. The van der Waals surface area contributed by atoms with Crippen molar-refractivity contribution in [2.24, 2.45) is 25.9 Å². The Labute approximate surface area is 318 Å². The number of hydrogen-bond donors (Lipinski definition) is 3. The minimum absolute atomic E-state index is 0.0535. The summed E-state index contributed by atoms with van der Waals surface area (Å²) >= 11 is 13.9. The molecule has 0 radical (unpaired) electrons. The van der Waals surface area contributed by atoms with Crippen LogP contribution in [0.15, 0.2) is 36.4 Å². The Kier molecular flexibility index (Phi) is 11.1. The number of hydrogen-bond acceptors (Lipinski definition) is 8. The number of imidazole rings is 2. The number of rotatable bonds is 11. The second-order valence-corrected chi connectivity index (χ2v) is 15.3. The van der Waals surface area contributed by atoms with E-state index in [1.165, 1.54) is 0 Å². The van der Waals surface area contributed by atoms with Crippen LogP contribution in [-0.4, -0.2) is 89.6 Å². The normalized spacial score (nSPS) is 19.1. The predicted molar refractivity (Wildman–Crippen MR) is 202 cm³/mol. The number of benzene rings is 2. The highest BCUT2D eigenvalue weighted by atomic mass is 35.5. The minimum Gasteiger partial charge on any atom is -0.481 e. The summed E-state index contributed by atoms with van der Waals surface area (Å²) in [4.78, 5) is 52.6. The molecule has 2 aliphatic heterocycles. The lowest BCUT2D eigenvalue weighted by molar-refractivity contribution is -0.143. The van der Waals surface area contributed by atoms with Crippen molar-refractivity contribution in [2.75, 3.05) is 38.1 Å². The van der Waals surface area contributed by atoms with Gasteiger partial charge < -0.3 is 24.7 Å². The quantitative estimate of drug-likeness (QED) is 0.171. The van der Waals surface area contributed by atoms with E-state index in [-0.39, 0.29) is 30.6 Å². The van der Waals surface area contributed by atoms with Gasteiger partial charge in [0, 0.05) is 95.1 Å². The lowest BCUT2D eigenvalue weighted by Crippen LogP contribution is -2.36. The predicted octanol–water partition coefficient (Wildman–Crippen LogP) is 5.40. The van der Waals surface area contributed by atoms with Gasteiger partial charge >= 0.3 is 5.97 Å². The Morgan fingerprint density at radius 3 is 2.11 bits per heavy atom. The van der Waals surface area contributed by atoms with Crippen LogP contribution >= 0.6 is 23.2 Å². The molecule has 2 aromatic carbocycles. The number of aromatic nitrogens is 4. The number of halogens is 2. The standard InChI is InChI=1S/C39H45Cl2N7O5/c1-45-31-13-15-47(17-18-49)21-29(31)42-36(45)33(50)19-25-5-3-6-26(34(25)40)27-7-4-8-28(35(27)41)44-38(51)37-43-30-22-48(16-14-32(30)46(37)2)20-23-9-11-24(12-10-23)39(52)53/h3-8,23-24,49H,9-22H2,1-2H3,(H,44,51)(H,52,53). The minimum atomic E-state index is -0.687. The highest BCUT2D eigenvalue weighted by Crippen LogP contribution is 2.39. The van der Waals surface area contributed by atoms with E-state index in [1.807, 2.05) is 47.5 Å². The van der Waals surface area contributed by atoms with E-state index < -0.39 is 5.97 Å². The van der Waals surface area contributed by atoms with Crippen LogP contribution in [0, 0.1) is 11.8 Å². The summed E-state index contributed by atoms with van der Waals surface area (Å²) < 4.78 is 3.73. The third-order valence-corrected chi connectivity index (χ3v) is 12.1. The maximum Gasteiger partial charge on any atom is 0.306 e. The molecule has 0 unspecified atom stereocenters. The highest BCUT2D eigenvalue weighted by Gasteiger charge is 2.31. The van der Waals surface area contributed by atoms with E-state index in [1.54, 1.807) is 12.1 Å². The molecule has 0 atom stereocenters. The first-order chi connectivity index (χ1) is 25.5. The van der Waals surface area contributed by atoms with E-state index in [9.17, 15) is 24.6 Å². The Morgan fingerprint density at radius 2 is 1.43 bits per heavy atom. The Hall–Kier alpha value is -4.07. The zero-order valence-electron chi connectivity index (χ0n) is 30.1. The molecule has 2 aromatic heterocycles. The fraction of sp³-hybridized carbons (Fsp3) is 0.462. The monoisotopic (exact) mass is 761 g/mol. The van der Waals surface area contributed by atoms with Crippen molar-refractivity contribution >= 4 is 46.5 Å². The molecule has 1 amide bonds. The molecule has 7 rings (SSSR count). The number of nitrogens with zero attached hydrogens (tertiary/aromatic N) is 6. The van der Waals surface area contributed by atoms with Gasteiger partial charge in [0.25, 0.3) is 5.91 Å². The van der Waals surface area contributed by atoms with Crippen molar-refractivity contribution in [2.45, 2.75) is 58.0 Å². The first kappa shape index (κ1) is 37.3. The molecule has 280 valence electrons. The Bertz CT molecular complexity index is 2050. The molecule has 12 nitrogen and oxygen atoms in total. The first-order valence-corrected chi connectivity index (χ1v) is 19.1. The summed E-state index contributed by atoms with van der Waals surface area (Å²) in [5, 5.41) is 22.4. The van der Waals surface area contributed by atoms with Gasteiger partial charge in [-0.2, -0.15) is 0 Å². The zero-order chi connectivity index (χ0) is 37.4. The topological polar surface area (TPSA) is 146 Å². The third-order valence-electron chi connectivity index (χ3n) is 11.2. The summed E-state index contributed by atoms with van der Waals surface area (Å²) in [6.45, 7) is 4.46. The van der Waals surface area contributed by atoms with Crippen LogP contribution in [0.2, 0.25) is 10.0 Å². The van der Waals surface area contributed by atoms with Gasteiger partial charge in [-0.25, -0.2) is 9.97 Å². The van der Waals surface area contributed by atoms with Crippen molar-refractivity contribution in [3.05, 3.63) is 86.4 Å². The van der Waals surface area contributed by atoms with Crippen LogP contribution in [0.4, 0.5) is 5.69 Å². The lowest BCUT2D eigenvalue weighted by Gasteiger charge is -2.33. The number of aliphatic hydroxyl groups excluding tert-OH is 1. The number of carboxylic acids is 1. The van der Waals surface area contributed by atoms with Crippen molar-refractivity contribution in [3.8, 4) is 11.1 Å². The number of carboxylic acid groups (broad SMARTS) is 1. The number of nitrogens with one attached hydrogen (secondary N) is 1. The van der Waals surface area contributed by atoms with Gasteiger partial charge in [0.1, 0.15) is 0 Å². The van der Waals surface area contributed by atoms with Crippen LogP contribution in [-0.2, 0) is 51.2 Å². The van der Waals surface area contributed by atoms with Crippen molar-refractivity contribution < 1.29 is 24.6 Å². The van der Waals surface area contributed by atoms with E-state index in [4.69, 9.17) is 28.2 Å². The summed E-state index contributed by atoms with van der Waals surface area (Å²) in [5.41, 5.74) is 6.14. The second kappa shape index (κ2) is 15.7. The molecule has 0 spiro atoms. The van der Waals surface area contributed by atoms with Gasteiger partial charge in [0.05, 0.1) is 39.6 Å². The third kappa shape index (κ3) is 7.65. The molecule has 1 fully saturated rings. The number of fused-ring (bicyclic) bond motifs is 2. The Balaban J connectivity index is 1.03. The van der Waals surface area contributed by atoms with Crippen molar-refractivity contribution in [1.82, 2.24) is 28.9 Å². The molecular weight excluding hydrogens is 717 g/mol. The summed E-state index contributed by atoms with van der Waals surface area (Å²) in [6, 6.07) is 10.9. The molecule has 3 N–H and O–H groups in total. The maximum atomic E-state index is 13.7. The van der Waals surface area contributed by atoms with Gasteiger partial charge in [-0.05, 0) is 43.2 Å². The van der Waals surface area contributed by atoms with E-state index in [2.05, 4.69) is 20.1 Å². The molecule has 14 heteroatoms. The van der Waals surface area contributed by atoms with Crippen LogP contribution in [0.3, 0.4) is 0 Å². The van der Waals surface area contributed by atoms with E-state index in [0.29, 0.717) is 69.6 Å². The van der Waals surface area contributed by atoms with Gasteiger partial charge in [-0.15, -0.1) is 0 Å². The number of carbonyl (C=O) groups excluding carboxylic acids is 2. The second-order valence-electron chi connectivity index (χ2n) is 14.6. The number of aliphatic carboxylic acids is 1. The van der Waals surface area contributed by atoms with Crippen LogP contribution in [0.5, 0.6) is 0 Å². The molecule has 1 aliphatic carbocycles. The first-order valence-electron chi connectivity index (χ1n) is 18.3. The van der Waals surface area contributed by atoms with E-state index >= 15 is 0 Å². The molecule has 3 aliphatic rings. The van der Waals surface area contributed by atoms with Crippen LogP contribution < -0.4 is 5.32 Å². The number of anilines is 1. The Morgan fingerprint density at radius 1 is 0.830 bits per heavy atom. The zero-order valence-corrected chi connectivity index (χ0v) is 31.6. The fourth-order valence-corrected chi connectivity index (χ4v) is 8.82. The van der Waals surface area contributed by atoms with Gasteiger partial charge in [0.15, 0.2) is 11.6 Å². The highest BCUT2D eigenvalue weighted by molar-refractivity contribution is 6.39. The average Bonchev–Trinajstić information content (AvgIpc) is 3.65. The molecular formula is C39H45Cl2N7O5. The van der Waals surface area contributed by atoms with E-state index in [0.717, 1.165) is 80.9 Å². The average molecular weight is 763 g/mol. The number of carbonyl (C=O) groups is 3. The molecule has 53 heavy (non-hydrogen) atoms. The van der Waals surface area contributed by atoms with Crippen LogP contribution in [0.1, 0.15) is 75.3 Å². The molecule has 4 aromatic rings.